The number of nitrogens with two attached hydrogens (primary N) is 1. The van der Waals surface area contributed by atoms with Gasteiger partial charge in [0.2, 0.25) is 0 Å². The van der Waals surface area contributed by atoms with Crippen molar-refractivity contribution < 1.29 is 4.74 Å². The Labute approximate surface area is 124 Å². The molecular formula is C13H13BrClNOS. The molecule has 18 heavy (non-hydrogen) atoms. The van der Waals surface area contributed by atoms with E-state index < -0.39 is 0 Å². The van der Waals surface area contributed by atoms with Gasteiger partial charge in [-0.25, -0.2) is 0 Å². The largest absolute Gasteiger partial charge is 0.487 e. The molecule has 0 aliphatic carbocycles. The van der Waals surface area contributed by atoms with E-state index in [0.29, 0.717) is 23.9 Å². The van der Waals surface area contributed by atoms with Gasteiger partial charge in [-0.1, -0.05) is 17.7 Å². The van der Waals surface area contributed by atoms with Crippen molar-refractivity contribution in [1.82, 2.24) is 0 Å². The second kappa shape index (κ2) is 6.57. The summed E-state index contributed by atoms with van der Waals surface area (Å²) in [6.45, 7) is 1.16. The summed E-state index contributed by atoms with van der Waals surface area (Å²) in [5.74, 6) is 0.710. The predicted octanol–water partition coefficient (Wildman–Crippen LogP) is 4.24. The monoisotopic (exact) mass is 345 g/mol. The Balaban J connectivity index is 2.01. The number of benzene rings is 1. The van der Waals surface area contributed by atoms with Crippen molar-refractivity contribution in [3.05, 3.63) is 49.6 Å². The molecule has 5 heteroatoms. The van der Waals surface area contributed by atoms with Gasteiger partial charge >= 0.3 is 0 Å². The van der Waals surface area contributed by atoms with Gasteiger partial charge in [-0.05, 0) is 52.7 Å². The van der Waals surface area contributed by atoms with Crippen molar-refractivity contribution in [2.24, 2.45) is 5.73 Å². The zero-order valence-corrected chi connectivity index (χ0v) is 12.8. The van der Waals surface area contributed by atoms with Gasteiger partial charge in [-0.2, -0.15) is 0 Å². The van der Waals surface area contributed by atoms with Crippen LogP contribution in [0.15, 0.2) is 34.1 Å². The second-order valence-electron chi connectivity index (χ2n) is 3.82. The zero-order valence-electron chi connectivity index (χ0n) is 9.66. The Bertz CT molecular complexity index is 529. The summed E-state index contributed by atoms with van der Waals surface area (Å²) >= 11 is 11.2. The second-order valence-corrected chi connectivity index (χ2v) is 6.14. The van der Waals surface area contributed by atoms with Gasteiger partial charge in [0.1, 0.15) is 12.4 Å². The van der Waals surface area contributed by atoms with Crippen molar-refractivity contribution in [1.29, 1.82) is 0 Å². The summed E-state index contributed by atoms with van der Waals surface area (Å²) in [7, 11) is 0. The Morgan fingerprint density at radius 3 is 2.78 bits per heavy atom. The maximum absolute atomic E-state index is 6.16. The van der Waals surface area contributed by atoms with E-state index in [1.807, 2.05) is 29.6 Å². The molecule has 1 aromatic heterocycles. The van der Waals surface area contributed by atoms with Crippen LogP contribution in [0.4, 0.5) is 0 Å². The molecule has 0 saturated carbocycles. The summed E-state index contributed by atoms with van der Waals surface area (Å²) in [5.41, 5.74) is 6.64. The van der Waals surface area contributed by atoms with Gasteiger partial charge in [0.15, 0.2) is 0 Å². The maximum Gasteiger partial charge on any atom is 0.138 e. The molecule has 0 radical (unpaired) electrons. The lowest BCUT2D eigenvalue weighted by atomic mass is 10.1. The number of halogens is 2. The first-order chi connectivity index (χ1) is 8.69. The summed E-state index contributed by atoms with van der Waals surface area (Å²) < 4.78 is 6.77. The van der Waals surface area contributed by atoms with Crippen molar-refractivity contribution in [3.63, 3.8) is 0 Å². The fourth-order valence-corrected chi connectivity index (χ4v) is 3.18. The Hall–Kier alpha value is -0.550. The summed E-state index contributed by atoms with van der Waals surface area (Å²) in [5, 5.41) is 2.67. The normalized spacial score (nSPS) is 10.6. The Morgan fingerprint density at radius 1 is 1.33 bits per heavy atom. The standard InChI is InChI=1S/C13H13BrClNOS/c14-10-6-11(18-8-10)7-17-13-2-1-9(3-4-16)5-12(13)15/h1-2,5-6,8H,3-4,7,16H2. The molecule has 0 amide bonds. The van der Waals surface area contributed by atoms with Crippen LogP contribution in [0.2, 0.25) is 5.02 Å². The highest BCUT2D eigenvalue weighted by Gasteiger charge is 2.04. The molecule has 2 aromatic rings. The molecule has 2 nitrogen and oxygen atoms in total. The minimum absolute atomic E-state index is 0.534. The molecule has 0 saturated heterocycles. The highest BCUT2D eigenvalue weighted by Crippen LogP contribution is 2.28. The third kappa shape index (κ3) is 3.72. The van der Waals surface area contributed by atoms with Gasteiger partial charge in [0, 0.05) is 14.7 Å². The van der Waals surface area contributed by atoms with Gasteiger partial charge < -0.3 is 10.5 Å². The van der Waals surface area contributed by atoms with E-state index in [2.05, 4.69) is 15.9 Å². The summed E-state index contributed by atoms with van der Waals surface area (Å²) in [4.78, 5) is 1.16. The molecule has 0 aliphatic rings. The van der Waals surface area contributed by atoms with Gasteiger partial charge in [-0.15, -0.1) is 11.3 Å². The summed E-state index contributed by atoms with van der Waals surface area (Å²) in [6, 6.07) is 7.85. The third-order valence-electron chi connectivity index (χ3n) is 2.42. The third-order valence-corrected chi connectivity index (χ3v) is 4.39. The molecule has 2 N–H and O–H groups in total. The molecule has 1 aromatic carbocycles. The van der Waals surface area contributed by atoms with E-state index in [1.165, 1.54) is 0 Å². The number of thiophene rings is 1. The van der Waals surface area contributed by atoms with Gasteiger partial charge in [0.05, 0.1) is 5.02 Å². The summed E-state index contributed by atoms with van der Waals surface area (Å²) in [6.07, 6.45) is 0.831. The highest BCUT2D eigenvalue weighted by atomic mass is 79.9. The van der Waals surface area contributed by atoms with Crippen LogP contribution < -0.4 is 10.5 Å². The van der Waals surface area contributed by atoms with Crippen LogP contribution >= 0.6 is 38.9 Å². The van der Waals surface area contributed by atoms with Crippen molar-refractivity contribution in [3.8, 4) is 5.75 Å². The van der Waals surface area contributed by atoms with Gasteiger partial charge in [-0.3, -0.25) is 0 Å². The molecule has 0 fully saturated rings. The smallest absolute Gasteiger partial charge is 0.138 e. The first-order valence-corrected chi connectivity index (χ1v) is 7.58. The molecule has 0 atom stereocenters. The fourth-order valence-electron chi connectivity index (χ4n) is 1.56. The number of hydrogen-bond acceptors (Lipinski definition) is 3. The first-order valence-electron chi connectivity index (χ1n) is 5.53. The van der Waals surface area contributed by atoms with Crippen molar-refractivity contribution >= 4 is 38.9 Å². The van der Waals surface area contributed by atoms with Crippen molar-refractivity contribution in [2.45, 2.75) is 13.0 Å². The lowest BCUT2D eigenvalue weighted by molar-refractivity contribution is 0.310. The molecule has 1 heterocycles. The topological polar surface area (TPSA) is 35.2 Å². The first kappa shape index (κ1) is 13.9. The lowest BCUT2D eigenvalue weighted by Gasteiger charge is -2.08. The van der Waals surface area contributed by atoms with Crippen LogP contribution in [-0.2, 0) is 13.0 Å². The quantitative estimate of drug-likeness (QED) is 0.878. The fraction of sp³-hybridized carbons (Fsp3) is 0.231. The Morgan fingerprint density at radius 2 is 2.17 bits per heavy atom. The molecule has 0 aliphatic heterocycles. The van der Waals surface area contributed by atoms with E-state index in [4.69, 9.17) is 22.1 Å². The van der Waals surface area contributed by atoms with E-state index in [9.17, 15) is 0 Å². The molecule has 0 bridgehead atoms. The van der Waals surface area contributed by atoms with Crippen LogP contribution in [-0.4, -0.2) is 6.54 Å². The molecule has 2 rings (SSSR count). The van der Waals surface area contributed by atoms with E-state index >= 15 is 0 Å². The van der Waals surface area contributed by atoms with Crippen molar-refractivity contribution in [2.75, 3.05) is 6.54 Å². The van der Waals surface area contributed by atoms with Crippen LogP contribution in [0.5, 0.6) is 5.75 Å². The molecular weight excluding hydrogens is 334 g/mol. The minimum atomic E-state index is 0.534. The minimum Gasteiger partial charge on any atom is -0.487 e. The zero-order chi connectivity index (χ0) is 13.0. The molecule has 96 valence electrons. The SMILES string of the molecule is NCCc1ccc(OCc2cc(Br)cs2)c(Cl)c1. The number of rotatable bonds is 5. The van der Waals surface area contributed by atoms with Crippen LogP contribution in [0.1, 0.15) is 10.4 Å². The van der Waals surface area contributed by atoms with Crippen LogP contribution in [0.25, 0.3) is 0 Å². The van der Waals surface area contributed by atoms with Crippen LogP contribution in [0, 0.1) is 0 Å². The van der Waals surface area contributed by atoms with E-state index in [1.54, 1.807) is 11.3 Å². The lowest BCUT2D eigenvalue weighted by Crippen LogP contribution is -2.02. The molecule has 0 unspecified atom stereocenters. The van der Waals surface area contributed by atoms with E-state index in [0.717, 1.165) is 21.3 Å². The predicted molar refractivity (Wildman–Crippen MR) is 80.6 cm³/mol. The van der Waals surface area contributed by atoms with E-state index in [-0.39, 0.29) is 0 Å². The Kier molecular flexibility index (Phi) is 5.06. The van der Waals surface area contributed by atoms with Gasteiger partial charge in [0.25, 0.3) is 0 Å². The number of hydrogen-bond donors (Lipinski definition) is 1. The van der Waals surface area contributed by atoms with Crippen LogP contribution in [0.3, 0.4) is 0 Å². The average molecular weight is 347 g/mol. The highest BCUT2D eigenvalue weighted by molar-refractivity contribution is 9.10. The molecule has 0 spiro atoms. The number of ether oxygens (including phenoxy) is 1. The maximum atomic E-state index is 6.16. The average Bonchev–Trinajstić information content (AvgIpc) is 2.74.